The maximum Gasteiger partial charge on any atom is 0.101 e. The highest BCUT2D eigenvalue weighted by molar-refractivity contribution is 5.56. The molecule has 0 aliphatic carbocycles. The molecule has 1 rings (SSSR count). The topological polar surface area (TPSA) is 98.3 Å². The molecule has 21 heavy (non-hydrogen) atoms. The second-order valence-electron chi connectivity index (χ2n) is 4.62. The molecule has 0 amide bonds. The van der Waals surface area contributed by atoms with Crippen LogP contribution in [0.1, 0.15) is 18.1 Å². The lowest BCUT2D eigenvalue weighted by Gasteiger charge is -2.17. The van der Waals surface area contributed by atoms with E-state index >= 15 is 0 Å². The summed E-state index contributed by atoms with van der Waals surface area (Å²) in [5.41, 5.74) is 1.32. The fourth-order valence-corrected chi connectivity index (χ4v) is 1.70. The van der Waals surface area contributed by atoms with Crippen molar-refractivity contribution >= 4 is 5.69 Å². The fourth-order valence-electron chi connectivity index (χ4n) is 1.70. The second-order valence-corrected chi connectivity index (χ2v) is 4.62. The van der Waals surface area contributed by atoms with Crippen molar-refractivity contribution < 1.29 is 14.6 Å². The van der Waals surface area contributed by atoms with E-state index < -0.39 is 6.10 Å². The number of rotatable bonds is 8. The van der Waals surface area contributed by atoms with Gasteiger partial charge in [0.15, 0.2) is 0 Å². The van der Waals surface area contributed by atoms with Gasteiger partial charge >= 0.3 is 0 Å². The van der Waals surface area contributed by atoms with E-state index in [9.17, 15) is 5.11 Å². The van der Waals surface area contributed by atoms with Gasteiger partial charge < -0.3 is 19.9 Å². The predicted octanol–water partition coefficient (Wildman–Crippen LogP) is 1.25. The van der Waals surface area contributed by atoms with Gasteiger partial charge in [0, 0.05) is 19.3 Å². The van der Waals surface area contributed by atoms with E-state index in [0.29, 0.717) is 23.4 Å². The number of nitriles is 2. The summed E-state index contributed by atoms with van der Waals surface area (Å²) in [7, 11) is 1.59. The number of hydrogen-bond acceptors (Lipinski definition) is 6. The molecular formula is C15H19N3O3. The number of aliphatic hydroxyl groups excluding tert-OH is 1. The summed E-state index contributed by atoms with van der Waals surface area (Å²) in [6.45, 7) is 2.82. The van der Waals surface area contributed by atoms with E-state index in [4.69, 9.17) is 20.0 Å². The maximum absolute atomic E-state index is 9.81. The average molecular weight is 289 g/mol. The molecule has 2 atom stereocenters. The monoisotopic (exact) mass is 289 g/mol. The van der Waals surface area contributed by atoms with E-state index in [2.05, 4.69) is 5.32 Å². The van der Waals surface area contributed by atoms with Crippen LogP contribution in [0.3, 0.4) is 0 Å². The Morgan fingerprint density at radius 1 is 1.24 bits per heavy atom. The van der Waals surface area contributed by atoms with Crippen LogP contribution in [0.2, 0.25) is 0 Å². The smallest absolute Gasteiger partial charge is 0.101 e. The minimum Gasteiger partial charge on any atom is -0.389 e. The lowest BCUT2D eigenvalue weighted by molar-refractivity contribution is -0.0282. The molecule has 0 bridgehead atoms. The number of hydrogen-bond donors (Lipinski definition) is 2. The van der Waals surface area contributed by atoms with E-state index in [0.717, 1.165) is 0 Å². The van der Waals surface area contributed by atoms with E-state index in [1.807, 2.05) is 19.1 Å². The predicted molar refractivity (Wildman–Crippen MR) is 77.7 cm³/mol. The first-order valence-electron chi connectivity index (χ1n) is 6.57. The van der Waals surface area contributed by atoms with Gasteiger partial charge in [-0.15, -0.1) is 0 Å². The van der Waals surface area contributed by atoms with Crippen molar-refractivity contribution in [2.75, 3.05) is 32.2 Å². The molecule has 112 valence electrons. The lowest BCUT2D eigenvalue weighted by atomic mass is 10.1. The van der Waals surface area contributed by atoms with Crippen LogP contribution >= 0.6 is 0 Å². The van der Waals surface area contributed by atoms with Gasteiger partial charge in [-0.25, -0.2) is 0 Å². The molecule has 0 saturated carbocycles. The minimum absolute atomic E-state index is 0.0789. The normalized spacial score (nSPS) is 13.0. The first kappa shape index (κ1) is 16.9. The summed E-state index contributed by atoms with van der Waals surface area (Å²) >= 11 is 0. The zero-order valence-corrected chi connectivity index (χ0v) is 12.2. The van der Waals surface area contributed by atoms with Gasteiger partial charge in [0.05, 0.1) is 36.5 Å². The molecule has 0 radical (unpaired) electrons. The number of nitrogens with one attached hydrogen (secondary N) is 1. The standard InChI is InChI=1S/C15H19N3O3/c1-11(9-20-2)21-10-15(19)8-18-14-4-3-12(6-16)13(5-14)7-17/h3-5,11,15,18-19H,8-10H2,1-2H3. The molecular weight excluding hydrogens is 270 g/mol. The van der Waals surface area contributed by atoms with Crippen LogP contribution in [0.5, 0.6) is 0 Å². The highest BCUT2D eigenvalue weighted by Crippen LogP contribution is 2.14. The van der Waals surface area contributed by atoms with Crippen LogP contribution in [0.4, 0.5) is 5.69 Å². The van der Waals surface area contributed by atoms with Crippen molar-refractivity contribution in [3.05, 3.63) is 29.3 Å². The Morgan fingerprint density at radius 2 is 1.95 bits per heavy atom. The Labute approximate surface area is 124 Å². The second kappa shape index (κ2) is 8.93. The molecule has 1 aromatic rings. The third-order valence-electron chi connectivity index (χ3n) is 2.78. The first-order chi connectivity index (χ1) is 10.1. The zero-order valence-electron chi connectivity index (χ0n) is 12.2. The Bertz CT molecular complexity index is 534. The van der Waals surface area contributed by atoms with E-state index in [1.54, 1.807) is 25.3 Å². The minimum atomic E-state index is -0.675. The van der Waals surface area contributed by atoms with Crippen LogP contribution in [0.25, 0.3) is 0 Å². The maximum atomic E-state index is 9.81. The number of benzene rings is 1. The molecule has 0 saturated heterocycles. The molecule has 2 unspecified atom stereocenters. The van der Waals surface area contributed by atoms with Crippen molar-refractivity contribution in [3.8, 4) is 12.1 Å². The summed E-state index contributed by atoms with van der Waals surface area (Å²) < 4.78 is 10.3. The molecule has 0 spiro atoms. The van der Waals surface area contributed by atoms with Gasteiger partial charge in [-0.2, -0.15) is 10.5 Å². The Hall–Kier alpha value is -2.12. The molecule has 0 fully saturated rings. The molecule has 0 aliphatic rings. The number of methoxy groups -OCH3 is 1. The third-order valence-corrected chi connectivity index (χ3v) is 2.78. The molecule has 6 heteroatoms. The Kier molecular flexibility index (Phi) is 7.20. The van der Waals surface area contributed by atoms with Crippen molar-refractivity contribution in [2.24, 2.45) is 0 Å². The average Bonchev–Trinajstić information content (AvgIpc) is 2.50. The fraction of sp³-hybridized carbons (Fsp3) is 0.467. The summed E-state index contributed by atoms with van der Waals surface area (Å²) in [6.07, 6.45) is -0.754. The van der Waals surface area contributed by atoms with E-state index in [-0.39, 0.29) is 19.3 Å². The van der Waals surface area contributed by atoms with Gasteiger partial charge in [0.2, 0.25) is 0 Å². The van der Waals surface area contributed by atoms with Gasteiger partial charge in [0.1, 0.15) is 12.1 Å². The molecule has 0 aliphatic heterocycles. The lowest BCUT2D eigenvalue weighted by Crippen LogP contribution is -2.28. The highest BCUT2D eigenvalue weighted by atomic mass is 16.5. The largest absolute Gasteiger partial charge is 0.389 e. The first-order valence-corrected chi connectivity index (χ1v) is 6.57. The van der Waals surface area contributed by atoms with Crippen molar-refractivity contribution in [1.29, 1.82) is 10.5 Å². The number of aliphatic hydroxyl groups is 1. The summed E-state index contributed by atoms with van der Waals surface area (Å²) in [6, 6.07) is 8.77. The number of anilines is 1. The highest BCUT2D eigenvalue weighted by Gasteiger charge is 2.09. The van der Waals surface area contributed by atoms with Gasteiger partial charge in [0.25, 0.3) is 0 Å². The Morgan fingerprint density at radius 3 is 2.57 bits per heavy atom. The van der Waals surface area contributed by atoms with Crippen LogP contribution in [0.15, 0.2) is 18.2 Å². The quantitative estimate of drug-likeness (QED) is 0.747. The SMILES string of the molecule is COCC(C)OCC(O)CNc1ccc(C#N)c(C#N)c1. The van der Waals surface area contributed by atoms with Gasteiger partial charge in [-0.1, -0.05) is 0 Å². The van der Waals surface area contributed by atoms with Crippen molar-refractivity contribution in [1.82, 2.24) is 0 Å². The number of ether oxygens (including phenoxy) is 2. The van der Waals surface area contributed by atoms with Crippen molar-refractivity contribution in [2.45, 2.75) is 19.1 Å². The Balaban J connectivity index is 2.45. The molecule has 2 N–H and O–H groups in total. The summed E-state index contributed by atoms with van der Waals surface area (Å²) in [4.78, 5) is 0. The summed E-state index contributed by atoms with van der Waals surface area (Å²) in [5, 5.41) is 30.6. The van der Waals surface area contributed by atoms with Gasteiger partial charge in [-0.3, -0.25) is 0 Å². The molecule has 0 heterocycles. The molecule has 1 aromatic carbocycles. The van der Waals surface area contributed by atoms with Gasteiger partial charge in [-0.05, 0) is 25.1 Å². The number of nitrogens with zero attached hydrogens (tertiary/aromatic N) is 2. The van der Waals surface area contributed by atoms with Crippen LogP contribution in [-0.2, 0) is 9.47 Å². The molecule has 0 aromatic heterocycles. The van der Waals surface area contributed by atoms with Crippen LogP contribution in [0, 0.1) is 22.7 Å². The third kappa shape index (κ3) is 5.80. The van der Waals surface area contributed by atoms with Crippen LogP contribution < -0.4 is 5.32 Å². The summed E-state index contributed by atoms with van der Waals surface area (Å²) in [5.74, 6) is 0. The zero-order chi connectivity index (χ0) is 15.7. The molecule has 6 nitrogen and oxygen atoms in total. The van der Waals surface area contributed by atoms with E-state index in [1.165, 1.54) is 0 Å². The van der Waals surface area contributed by atoms with Crippen LogP contribution in [-0.4, -0.2) is 44.2 Å². The van der Waals surface area contributed by atoms with Crippen molar-refractivity contribution in [3.63, 3.8) is 0 Å².